The summed E-state index contributed by atoms with van der Waals surface area (Å²) < 4.78 is 5.66. The Bertz CT molecular complexity index is 1010. The molecular weight excluding hydrogens is 444 g/mol. The lowest BCUT2D eigenvalue weighted by Crippen LogP contribution is -2.48. The summed E-state index contributed by atoms with van der Waals surface area (Å²) in [6.07, 6.45) is 0.680. The highest BCUT2D eigenvalue weighted by molar-refractivity contribution is 5.80. The summed E-state index contributed by atoms with van der Waals surface area (Å²) in [5.74, 6) is -1.29. The van der Waals surface area contributed by atoms with Gasteiger partial charge in [0.15, 0.2) is 0 Å². The van der Waals surface area contributed by atoms with E-state index < -0.39 is 29.6 Å². The third kappa shape index (κ3) is 6.84. The highest BCUT2D eigenvalue weighted by Crippen LogP contribution is 2.44. The number of aliphatic carboxylic acids is 1. The molecule has 0 heterocycles. The van der Waals surface area contributed by atoms with Crippen LogP contribution in [0.15, 0.2) is 48.5 Å². The maximum Gasteiger partial charge on any atom is 0.407 e. The minimum atomic E-state index is -0.951. The van der Waals surface area contributed by atoms with Crippen molar-refractivity contribution in [3.8, 4) is 11.1 Å². The smallest absolute Gasteiger partial charge is 0.407 e. The normalized spacial score (nSPS) is 14.4. The number of nitrogens with one attached hydrogen (secondary N) is 2. The number of ether oxygens (including phenoxy) is 1. The van der Waals surface area contributed by atoms with E-state index in [1.807, 2.05) is 52.0 Å². The molecule has 0 aliphatic heterocycles. The molecule has 1 unspecified atom stereocenters. The predicted molar refractivity (Wildman–Crippen MR) is 135 cm³/mol. The molecule has 0 saturated carbocycles. The number of carbonyl (C=O) groups excluding carboxylic acids is 2. The minimum Gasteiger partial charge on any atom is -0.481 e. The van der Waals surface area contributed by atoms with Gasteiger partial charge in [-0.2, -0.15) is 0 Å². The molecule has 0 aromatic heterocycles. The summed E-state index contributed by atoms with van der Waals surface area (Å²) in [7, 11) is 0. The van der Waals surface area contributed by atoms with Crippen LogP contribution in [0.25, 0.3) is 11.1 Å². The van der Waals surface area contributed by atoms with Crippen LogP contribution in [0.4, 0.5) is 4.79 Å². The molecule has 1 aliphatic rings. The monoisotopic (exact) mass is 480 g/mol. The number of carbonyl (C=O) groups is 3. The second kappa shape index (κ2) is 11.4. The Morgan fingerprint density at radius 3 is 2.03 bits per heavy atom. The second-order valence-electron chi connectivity index (χ2n) is 10.2. The Hall–Kier alpha value is -3.35. The van der Waals surface area contributed by atoms with Crippen LogP contribution in [-0.4, -0.2) is 41.8 Å². The first-order valence-electron chi connectivity index (χ1n) is 12.2. The first-order valence-corrected chi connectivity index (χ1v) is 12.2. The van der Waals surface area contributed by atoms with Crippen LogP contribution in [0.3, 0.4) is 0 Å². The van der Waals surface area contributed by atoms with E-state index in [0.717, 1.165) is 28.7 Å². The number of hydrogen-bond acceptors (Lipinski definition) is 4. The molecule has 2 atom stereocenters. The Balaban J connectivity index is 1.62. The van der Waals surface area contributed by atoms with E-state index in [-0.39, 0.29) is 31.3 Å². The number of alkyl carbamates (subject to hydrolysis) is 1. The molecule has 0 bridgehead atoms. The fourth-order valence-electron chi connectivity index (χ4n) is 4.61. The molecule has 0 saturated heterocycles. The van der Waals surface area contributed by atoms with Crippen LogP contribution < -0.4 is 10.6 Å². The zero-order chi connectivity index (χ0) is 25.6. The van der Waals surface area contributed by atoms with Crippen molar-refractivity contribution in [1.29, 1.82) is 0 Å². The molecule has 35 heavy (non-hydrogen) atoms. The molecule has 0 radical (unpaired) electrons. The van der Waals surface area contributed by atoms with Crippen LogP contribution in [0.2, 0.25) is 0 Å². The summed E-state index contributed by atoms with van der Waals surface area (Å²) in [6, 6.07) is 15.4. The Morgan fingerprint density at radius 1 is 0.943 bits per heavy atom. The van der Waals surface area contributed by atoms with Gasteiger partial charge in [-0.3, -0.25) is 9.59 Å². The number of carboxylic acids is 1. The van der Waals surface area contributed by atoms with Gasteiger partial charge >= 0.3 is 12.1 Å². The predicted octanol–water partition coefficient (Wildman–Crippen LogP) is 5.09. The molecule has 188 valence electrons. The van der Waals surface area contributed by atoms with Crippen molar-refractivity contribution in [2.75, 3.05) is 6.61 Å². The molecule has 1 aliphatic carbocycles. The Morgan fingerprint density at radius 2 is 1.51 bits per heavy atom. The average molecular weight is 481 g/mol. The molecule has 2 aromatic carbocycles. The van der Waals surface area contributed by atoms with Crippen LogP contribution in [0.1, 0.15) is 70.4 Å². The number of benzene rings is 2. The Labute approximate surface area is 207 Å². The third-order valence-corrected chi connectivity index (χ3v) is 6.49. The summed E-state index contributed by atoms with van der Waals surface area (Å²) >= 11 is 0. The van der Waals surface area contributed by atoms with E-state index in [1.165, 1.54) is 0 Å². The van der Waals surface area contributed by atoms with Crippen molar-refractivity contribution in [2.45, 2.75) is 71.4 Å². The molecule has 3 rings (SSSR count). The summed E-state index contributed by atoms with van der Waals surface area (Å²) in [5.41, 5.74) is 4.17. The lowest BCUT2D eigenvalue weighted by atomic mass is 9.84. The number of rotatable bonds is 10. The van der Waals surface area contributed by atoms with Crippen LogP contribution in [0, 0.1) is 5.41 Å². The van der Waals surface area contributed by atoms with Gasteiger partial charge < -0.3 is 20.5 Å². The first-order chi connectivity index (χ1) is 16.6. The highest BCUT2D eigenvalue weighted by Gasteiger charge is 2.32. The van der Waals surface area contributed by atoms with Crippen molar-refractivity contribution in [1.82, 2.24) is 10.6 Å². The van der Waals surface area contributed by atoms with Gasteiger partial charge in [0.2, 0.25) is 5.91 Å². The van der Waals surface area contributed by atoms with Crippen LogP contribution in [-0.2, 0) is 14.3 Å². The Kier molecular flexibility index (Phi) is 8.54. The number of amides is 2. The number of hydrogen-bond donors (Lipinski definition) is 3. The number of fused-ring (bicyclic) bond motifs is 3. The van der Waals surface area contributed by atoms with Gasteiger partial charge in [0.1, 0.15) is 6.61 Å². The van der Waals surface area contributed by atoms with Crippen molar-refractivity contribution >= 4 is 18.0 Å². The largest absolute Gasteiger partial charge is 0.481 e. The third-order valence-electron chi connectivity index (χ3n) is 6.49. The lowest BCUT2D eigenvalue weighted by molar-refractivity contribution is -0.137. The minimum absolute atomic E-state index is 0.0352. The van der Waals surface area contributed by atoms with E-state index in [2.05, 4.69) is 34.9 Å². The van der Waals surface area contributed by atoms with Gasteiger partial charge in [-0.15, -0.1) is 0 Å². The van der Waals surface area contributed by atoms with Crippen LogP contribution >= 0.6 is 0 Å². The SMILES string of the molecule is CCC[C@H](CC(=O)O)NC(=O)CC(NC(=O)OCC1c2ccccc2-c2ccccc21)C(C)(C)C. The van der Waals surface area contributed by atoms with E-state index in [9.17, 15) is 14.4 Å². The van der Waals surface area contributed by atoms with Gasteiger partial charge in [-0.05, 0) is 34.1 Å². The van der Waals surface area contributed by atoms with E-state index in [4.69, 9.17) is 9.84 Å². The van der Waals surface area contributed by atoms with E-state index in [1.54, 1.807) is 0 Å². The van der Waals surface area contributed by atoms with E-state index >= 15 is 0 Å². The molecule has 2 amide bonds. The first kappa shape index (κ1) is 26.3. The van der Waals surface area contributed by atoms with Crippen molar-refractivity contribution < 1.29 is 24.2 Å². The van der Waals surface area contributed by atoms with Gasteiger partial charge in [-0.25, -0.2) is 4.79 Å². The van der Waals surface area contributed by atoms with Gasteiger partial charge in [-0.1, -0.05) is 82.6 Å². The average Bonchev–Trinajstić information content (AvgIpc) is 3.10. The topological polar surface area (TPSA) is 105 Å². The van der Waals surface area contributed by atoms with Crippen molar-refractivity contribution in [3.63, 3.8) is 0 Å². The molecule has 2 aromatic rings. The highest BCUT2D eigenvalue weighted by atomic mass is 16.5. The van der Waals surface area contributed by atoms with E-state index in [0.29, 0.717) is 6.42 Å². The van der Waals surface area contributed by atoms with Gasteiger partial charge in [0.25, 0.3) is 0 Å². The standard InChI is InChI=1S/C28H36N2O5/c1-5-10-18(15-26(32)33)29-25(31)16-24(28(2,3)4)30-27(34)35-17-23-21-13-8-6-11-19(21)20-12-7-9-14-22(20)23/h6-9,11-14,18,23-24H,5,10,15-17H2,1-4H3,(H,29,31)(H,30,34)(H,32,33)/t18-,24?/m1/s1. The van der Waals surface area contributed by atoms with Crippen LogP contribution in [0.5, 0.6) is 0 Å². The summed E-state index contributed by atoms with van der Waals surface area (Å²) in [6.45, 7) is 7.96. The second-order valence-corrected chi connectivity index (χ2v) is 10.2. The fourth-order valence-corrected chi connectivity index (χ4v) is 4.61. The summed E-state index contributed by atoms with van der Waals surface area (Å²) in [5, 5.41) is 14.8. The fraction of sp³-hybridized carbons (Fsp3) is 0.464. The molecular formula is C28H36N2O5. The molecule has 7 heteroatoms. The zero-order valence-electron chi connectivity index (χ0n) is 21.0. The summed E-state index contributed by atoms with van der Waals surface area (Å²) in [4.78, 5) is 36.6. The zero-order valence-corrected chi connectivity index (χ0v) is 21.0. The van der Waals surface area contributed by atoms with Crippen molar-refractivity contribution in [2.24, 2.45) is 5.41 Å². The molecule has 0 spiro atoms. The molecule has 7 nitrogen and oxygen atoms in total. The lowest BCUT2D eigenvalue weighted by Gasteiger charge is -2.31. The van der Waals surface area contributed by atoms with Crippen molar-refractivity contribution in [3.05, 3.63) is 59.7 Å². The molecule has 0 fully saturated rings. The quantitative estimate of drug-likeness (QED) is 0.439. The van der Waals surface area contributed by atoms with Gasteiger partial charge in [0, 0.05) is 24.4 Å². The van der Waals surface area contributed by atoms with Gasteiger partial charge in [0.05, 0.1) is 6.42 Å². The maximum atomic E-state index is 12.8. The number of carboxylic acid groups (broad SMARTS) is 1. The maximum absolute atomic E-state index is 12.8. The molecule has 3 N–H and O–H groups in total.